The molecule has 0 bridgehead atoms. The van der Waals surface area contributed by atoms with Gasteiger partial charge in [0.1, 0.15) is 0 Å². The molecule has 0 radical (unpaired) electrons. The topological polar surface area (TPSA) is 73.0 Å². The Balaban J connectivity index is 1.47. The number of anilines is 1. The summed E-state index contributed by atoms with van der Waals surface area (Å²) in [5.41, 5.74) is 6.12. The fourth-order valence-corrected chi connectivity index (χ4v) is 3.19. The van der Waals surface area contributed by atoms with Crippen molar-refractivity contribution < 1.29 is 9.32 Å². The van der Waals surface area contributed by atoms with E-state index in [1.165, 1.54) is 0 Å². The number of benzene rings is 2. The molecule has 2 aromatic heterocycles. The Morgan fingerprint density at radius 2 is 1.83 bits per heavy atom. The minimum Gasteiger partial charge on any atom is -0.355 e. The summed E-state index contributed by atoms with van der Waals surface area (Å²) >= 11 is 0. The number of amides is 1. The predicted molar refractivity (Wildman–Crippen MR) is 112 cm³/mol. The standard InChI is InChI=1S/C23H22N4O2/c1-15-7-9-19(10-8-15)22-13-21(26-29-22)23(28)24-20-6-4-5-18(12-20)14-27-17(3)11-16(2)25-27/h4-13H,14H2,1-3H3,(H,24,28). The van der Waals surface area contributed by atoms with Crippen molar-refractivity contribution in [1.29, 1.82) is 0 Å². The lowest BCUT2D eigenvalue weighted by atomic mass is 10.1. The molecule has 0 unspecified atom stereocenters. The zero-order chi connectivity index (χ0) is 20.4. The van der Waals surface area contributed by atoms with Crippen LogP contribution in [-0.4, -0.2) is 20.8 Å². The van der Waals surface area contributed by atoms with Crippen LogP contribution < -0.4 is 5.32 Å². The van der Waals surface area contributed by atoms with Gasteiger partial charge >= 0.3 is 0 Å². The summed E-state index contributed by atoms with van der Waals surface area (Å²) in [6.07, 6.45) is 0. The van der Waals surface area contributed by atoms with E-state index >= 15 is 0 Å². The summed E-state index contributed by atoms with van der Waals surface area (Å²) in [6.45, 7) is 6.67. The van der Waals surface area contributed by atoms with Gasteiger partial charge in [-0.25, -0.2) is 0 Å². The molecular weight excluding hydrogens is 364 g/mol. The number of aromatic nitrogens is 3. The monoisotopic (exact) mass is 386 g/mol. The predicted octanol–water partition coefficient (Wildman–Crippen LogP) is 4.76. The van der Waals surface area contributed by atoms with Crippen molar-refractivity contribution in [3.8, 4) is 11.3 Å². The van der Waals surface area contributed by atoms with Crippen molar-refractivity contribution in [1.82, 2.24) is 14.9 Å². The molecule has 29 heavy (non-hydrogen) atoms. The highest BCUT2D eigenvalue weighted by atomic mass is 16.5. The number of nitrogens with one attached hydrogen (secondary N) is 1. The summed E-state index contributed by atoms with van der Waals surface area (Å²) in [5.74, 6) is 0.254. The van der Waals surface area contributed by atoms with E-state index in [4.69, 9.17) is 4.52 Å². The largest absolute Gasteiger partial charge is 0.355 e. The van der Waals surface area contributed by atoms with Gasteiger partial charge in [-0.05, 0) is 44.5 Å². The molecule has 0 aliphatic heterocycles. The molecule has 2 aromatic carbocycles. The molecule has 0 aliphatic rings. The van der Waals surface area contributed by atoms with E-state index in [1.54, 1.807) is 6.07 Å². The maximum atomic E-state index is 12.6. The van der Waals surface area contributed by atoms with Crippen molar-refractivity contribution in [3.05, 3.63) is 88.9 Å². The van der Waals surface area contributed by atoms with Crippen LogP contribution in [0.2, 0.25) is 0 Å². The van der Waals surface area contributed by atoms with Crippen LogP contribution in [0.15, 0.2) is 65.2 Å². The van der Waals surface area contributed by atoms with Crippen molar-refractivity contribution in [2.45, 2.75) is 27.3 Å². The minimum atomic E-state index is -0.310. The first-order valence-electron chi connectivity index (χ1n) is 9.43. The maximum Gasteiger partial charge on any atom is 0.277 e. The SMILES string of the molecule is Cc1ccc(-c2cc(C(=O)Nc3cccc(Cn4nc(C)cc4C)c3)no2)cc1. The Bertz CT molecular complexity index is 1160. The van der Waals surface area contributed by atoms with Gasteiger partial charge in [0.25, 0.3) is 5.91 Å². The number of carbonyl (C=O) groups is 1. The van der Waals surface area contributed by atoms with E-state index in [2.05, 4.69) is 15.6 Å². The van der Waals surface area contributed by atoms with Crippen LogP contribution in [0.4, 0.5) is 5.69 Å². The van der Waals surface area contributed by atoms with Gasteiger partial charge in [-0.3, -0.25) is 9.48 Å². The molecule has 1 N–H and O–H groups in total. The van der Waals surface area contributed by atoms with E-state index < -0.39 is 0 Å². The van der Waals surface area contributed by atoms with Crippen LogP contribution in [0.1, 0.15) is 33.0 Å². The normalized spacial score (nSPS) is 10.9. The number of carbonyl (C=O) groups excluding carboxylic acids is 1. The average molecular weight is 386 g/mol. The fraction of sp³-hybridized carbons (Fsp3) is 0.174. The van der Waals surface area contributed by atoms with Crippen LogP contribution >= 0.6 is 0 Å². The molecule has 0 spiro atoms. The molecule has 1 amide bonds. The molecule has 0 saturated carbocycles. The summed E-state index contributed by atoms with van der Waals surface area (Å²) in [6, 6.07) is 19.3. The smallest absolute Gasteiger partial charge is 0.277 e. The average Bonchev–Trinajstić information content (AvgIpc) is 3.30. The lowest BCUT2D eigenvalue weighted by Gasteiger charge is -2.08. The Hall–Kier alpha value is -3.67. The Labute approximate surface area is 169 Å². The van der Waals surface area contributed by atoms with Gasteiger partial charge in [-0.1, -0.05) is 47.1 Å². The second-order valence-electron chi connectivity index (χ2n) is 7.18. The number of aryl methyl sites for hydroxylation is 3. The van der Waals surface area contributed by atoms with Gasteiger partial charge in [0, 0.05) is 23.0 Å². The van der Waals surface area contributed by atoms with Crippen molar-refractivity contribution >= 4 is 11.6 Å². The van der Waals surface area contributed by atoms with Crippen molar-refractivity contribution in [3.63, 3.8) is 0 Å². The highest BCUT2D eigenvalue weighted by Crippen LogP contribution is 2.21. The van der Waals surface area contributed by atoms with Gasteiger partial charge < -0.3 is 9.84 Å². The number of hydrogen-bond acceptors (Lipinski definition) is 4. The van der Waals surface area contributed by atoms with Gasteiger partial charge in [-0.15, -0.1) is 0 Å². The van der Waals surface area contributed by atoms with Gasteiger partial charge in [0.15, 0.2) is 11.5 Å². The molecule has 0 atom stereocenters. The summed E-state index contributed by atoms with van der Waals surface area (Å²) in [7, 11) is 0. The van der Waals surface area contributed by atoms with E-state index in [-0.39, 0.29) is 11.6 Å². The fourth-order valence-electron chi connectivity index (χ4n) is 3.19. The highest BCUT2D eigenvalue weighted by molar-refractivity contribution is 6.03. The zero-order valence-electron chi connectivity index (χ0n) is 16.6. The highest BCUT2D eigenvalue weighted by Gasteiger charge is 2.14. The van der Waals surface area contributed by atoms with Gasteiger partial charge in [-0.2, -0.15) is 5.10 Å². The first-order chi connectivity index (χ1) is 14.0. The zero-order valence-corrected chi connectivity index (χ0v) is 16.6. The number of hydrogen-bond donors (Lipinski definition) is 1. The first-order valence-corrected chi connectivity index (χ1v) is 9.43. The van der Waals surface area contributed by atoms with E-state index in [0.29, 0.717) is 18.0 Å². The third kappa shape index (κ3) is 4.27. The van der Waals surface area contributed by atoms with E-state index in [9.17, 15) is 4.79 Å². The van der Waals surface area contributed by atoms with E-state index in [1.807, 2.05) is 80.1 Å². The lowest BCUT2D eigenvalue weighted by molar-refractivity contribution is 0.101. The molecular formula is C23H22N4O2. The molecule has 4 aromatic rings. The van der Waals surface area contributed by atoms with Gasteiger partial charge in [0.05, 0.1) is 12.2 Å². The minimum absolute atomic E-state index is 0.240. The Morgan fingerprint density at radius 1 is 1.03 bits per heavy atom. The number of rotatable bonds is 5. The van der Waals surface area contributed by atoms with Crippen molar-refractivity contribution in [2.75, 3.05) is 5.32 Å². The van der Waals surface area contributed by atoms with Crippen LogP contribution in [0.5, 0.6) is 0 Å². The van der Waals surface area contributed by atoms with Crippen molar-refractivity contribution in [2.24, 2.45) is 0 Å². The maximum absolute atomic E-state index is 12.6. The van der Waals surface area contributed by atoms with Crippen LogP contribution in [0, 0.1) is 20.8 Å². The molecule has 6 heteroatoms. The molecule has 4 rings (SSSR count). The number of nitrogens with zero attached hydrogens (tertiary/aromatic N) is 3. The summed E-state index contributed by atoms with van der Waals surface area (Å²) in [5, 5.41) is 11.3. The molecule has 0 aliphatic carbocycles. The second kappa shape index (κ2) is 7.75. The Kier molecular flexibility index (Phi) is 4.99. The van der Waals surface area contributed by atoms with E-state index in [0.717, 1.165) is 28.1 Å². The third-order valence-corrected chi connectivity index (χ3v) is 4.70. The van der Waals surface area contributed by atoms with Crippen LogP contribution in [0.25, 0.3) is 11.3 Å². The molecule has 0 saturated heterocycles. The van der Waals surface area contributed by atoms with Crippen LogP contribution in [0.3, 0.4) is 0 Å². The summed E-state index contributed by atoms with van der Waals surface area (Å²) < 4.78 is 7.29. The lowest BCUT2D eigenvalue weighted by Crippen LogP contribution is -2.12. The Morgan fingerprint density at radius 3 is 2.55 bits per heavy atom. The molecule has 146 valence electrons. The molecule has 2 heterocycles. The quantitative estimate of drug-likeness (QED) is 0.536. The molecule has 6 nitrogen and oxygen atoms in total. The van der Waals surface area contributed by atoms with Gasteiger partial charge in [0.2, 0.25) is 0 Å². The summed E-state index contributed by atoms with van der Waals surface area (Å²) in [4.78, 5) is 12.6. The third-order valence-electron chi connectivity index (χ3n) is 4.70. The first kappa shape index (κ1) is 18.7. The van der Waals surface area contributed by atoms with Crippen LogP contribution in [-0.2, 0) is 6.54 Å². The second-order valence-corrected chi connectivity index (χ2v) is 7.18. The molecule has 0 fully saturated rings.